The molecule has 1 aliphatic heterocycles. The molecular formula is C20H20ClFN4O5S. The number of carboxylic acid groups (broad SMARTS) is 1. The van der Waals surface area contributed by atoms with E-state index in [1.807, 2.05) is 0 Å². The normalized spacial score (nSPS) is 16.0. The molecule has 1 N–H and O–H groups in total. The van der Waals surface area contributed by atoms with Crippen molar-refractivity contribution in [3.8, 4) is 0 Å². The first kappa shape index (κ1) is 22.4. The van der Waals surface area contributed by atoms with Crippen molar-refractivity contribution < 1.29 is 22.7 Å². The SMILES string of the molecule is Cc1cnc2c(c1)n(CC(=O)O)c(=O)n2C1CCN(S(=O)(=O)c2ccc(F)cc2Cl)CC1. The summed E-state index contributed by atoms with van der Waals surface area (Å²) in [5.74, 6) is -1.78. The lowest BCUT2D eigenvalue weighted by Crippen LogP contribution is -2.41. The summed E-state index contributed by atoms with van der Waals surface area (Å²) < 4.78 is 43.1. The fourth-order valence-corrected chi connectivity index (χ4v) is 6.01. The average Bonchev–Trinajstić information content (AvgIpc) is 2.98. The van der Waals surface area contributed by atoms with Crippen LogP contribution >= 0.6 is 11.6 Å². The van der Waals surface area contributed by atoms with Crippen molar-refractivity contribution in [3.05, 3.63) is 57.3 Å². The second-order valence-electron chi connectivity index (χ2n) is 7.70. The first-order chi connectivity index (χ1) is 15.1. The highest BCUT2D eigenvalue weighted by atomic mass is 35.5. The van der Waals surface area contributed by atoms with Crippen molar-refractivity contribution >= 4 is 38.8 Å². The van der Waals surface area contributed by atoms with E-state index >= 15 is 0 Å². The molecule has 0 amide bonds. The number of aliphatic carboxylic acids is 1. The molecule has 1 saturated heterocycles. The molecule has 0 unspecified atom stereocenters. The highest BCUT2D eigenvalue weighted by molar-refractivity contribution is 7.89. The van der Waals surface area contributed by atoms with Crippen molar-refractivity contribution in [1.29, 1.82) is 0 Å². The van der Waals surface area contributed by atoms with Gasteiger partial charge in [-0.05, 0) is 49.6 Å². The number of carboxylic acids is 1. The third-order valence-corrected chi connectivity index (χ3v) is 7.92. The maximum absolute atomic E-state index is 13.3. The Kier molecular flexibility index (Phi) is 5.82. The van der Waals surface area contributed by atoms with Gasteiger partial charge in [0, 0.05) is 25.3 Å². The zero-order valence-corrected chi connectivity index (χ0v) is 18.6. The van der Waals surface area contributed by atoms with Gasteiger partial charge in [-0.25, -0.2) is 22.6 Å². The number of aromatic nitrogens is 3. The Balaban J connectivity index is 1.64. The first-order valence-corrected chi connectivity index (χ1v) is 11.7. The third-order valence-electron chi connectivity index (χ3n) is 5.53. The van der Waals surface area contributed by atoms with E-state index in [9.17, 15) is 27.5 Å². The highest BCUT2D eigenvalue weighted by Crippen LogP contribution is 2.31. The number of aryl methyl sites for hydroxylation is 1. The van der Waals surface area contributed by atoms with Crippen molar-refractivity contribution in [2.45, 2.75) is 37.2 Å². The van der Waals surface area contributed by atoms with Gasteiger partial charge < -0.3 is 5.11 Å². The lowest BCUT2D eigenvalue weighted by atomic mass is 10.1. The van der Waals surface area contributed by atoms with Crippen LogP contribution in [0, 0.1) is 12.7 Å². The predicted molar refractivity (Wildman–Crippen MR) is 115 cm³/mol. The largest absolute Gasteiger partial charge is 0.480 e. The number of carbonyl (C=O) groups is 1. The number of hydrogen-bond acceptors (Lipinski definition) is 5. The van der Waals surface area contributed by atoms with Gasteiger partial charge in [-0.1, -0.05) is 11.6 Å². The summed E-state index contributed by atoms with van der Waals surface area (Å²) in [5.41, 5.74) is 1.07. The van der Waals surface area contributed by atoms with Crippen molar-refractivity contribution in [3.63, 3.8) is 0 Å². The Labute approximate surface area is 187 Å². The van der Waals surface area contributed by atoms with Crippen LogP contribution in [0.25, 0.3) is 11.2 Å². The van der Waals surface area contributed by atoms with E-state index in [4.69, 9.17) is 11.6 Å². The minimum Gasteiger partial charge on any atom is -0.480 e. The van der Waals surface area contributed by atoms with Crippen LogP contribution in [0.5, 0.6) is 0 Å². The number of halogens is 2. The van der Waals surface area contributed by atoms with Gasteiger partial charge in [-0.15, -0.1) is 0 Å². The molecule has 3 heterocycles. The van der Waals surface area contributed by atoms with Crippen LogP contribution in [0.3, 0.4) is 0 Å². The number of rotatable bonds is 5. The molecule has 0 spiro atoms. The van der Waals surface area contributed by atoms with E-state index < -0.39 is 34.0 Å². The second kappa shape index (κ2) is 8.30. The fraction of sp³-hybridized carbons (Fsp3) is 0.350. The molecule has 3 aromatic rings. The molecule has 1 aromatic carbocycles. The summed E-state index contributed by atoms with van der Waals surface area (Å²) in [6.07, 6.45) is 2.24. The number of nitrogens with zero attached hydrogens (tertiary/aromatic N) is 4. The molecule has 0 atom stereocenters. The van der Waals surface area contributed by atoms with Crippen molar-refractivity contribution in [1.82, 2.24) is 18.4 Å². The Morgan fingerprint density at radius 3 is 2.59 bits per heavy atom. The molecule has 170 valence electrons. The molecule has 2 aromatic heterocycles. The Morgan fingerprint density at radius 2 is 1.97 bits per heavy atom. The molecule has 32 heavy (non-hydrogen) atoms. The minimum absolute atomic E-state index is 0.116. The van der Waals surface area contributed by atoms with Crippen LogP contribution in [0.1, 0.15) is 24.4 Å². The summed E-state index contributed by atoms with van der Waals surface area (Å²) in [6, 6.07) is 4.47. The van der Waals surface area contributed by atoms with E-state index in [-0.39, 0.29) is 29.0 Å². The quantitative estimate of drug-likeness (QED) is 0.597. The van der Waals surface area contributed by atoms with Gasteiger partial charge in [0.1, 0.15) is 17.3 Å². The topological polar surface area (TPSA) is 114 Å². The summed E-state index contributed by atoms with van der Waals surface area (Å²) in [7, 11) is -3.94. The summed E-state index contributed by atoms with van der Waals surface area (Å²) in [5, 5.41) is 9.02. The number of benzene rings is 1. The molecule has 4 rings (SSSR count). The molecule has 9 nitrogen and oxygen atoms in total. The monoisotopic (exact) mass is 482 g/mol. The third kappa shape index (κ3) is 3.91. The Hall–Kier alpha value is -2.76. The van der Waals surface area contributed by atoms with Crippen molar-refractivity contribution in [2.75, 3.05) is 13.1 Å². The molecule has 0 aliphatic carbocycles. The summed E-state index contributed by atoms with van der Waals surface area (Å²) >= 11 is 5.95. The maximum atomic E-state index is 13.3. The predicted octanol–water partition coefficient (Wildman–Crippen LogP) is 2.41. The zero-order chi connectivity index (χ0) is 23.2. The maximum Gasteiger partial charge on any atom is 0.331 e. The number of pyridine rings is 1. The van der Waals surface area contributed by atoms with Gasteiger partial charge in [0.25, 0.3) is 0 Å². The molecule has 1 aliphatic rings. The van der Waals surface area contributed by atoms with Gasteiger partial charge in [0.05, 0.1) is 10.5 Å². The summed E-state index contributed by atoms with van der Waals surface area (Å²) in [4.78, 5) is 28.5. The first-order valence-electron chi connectivity index (χ1n) is 9.84. The lowest BCUT2D eigenvalue weighted by Gasteiger charge is -2.31. The fourth-order valence-electron chi connectivity index (χ4n) is 4.04. The standard InChI is InChI=1S/C20H20ClFN4O5S/c1-12-8-16-19(23-10-12)26(20(29)25(16)11-18(27)28)14-4-6-24(7-5-14)32(30,31)17-3-2-13(22)9-15(17)21/h2-3,8-10,14H,4-7,11H2,1H3,(H,27,28). The molecule has 0 bridgehead atoms. The Morgan fingerprint density at radius 1 is 1.28 bits per heavy atom. The van der Waals surface area contributed by atoms with Gasteiger partial charge >= 0.3 is 11.7 Å². The number of sulfonamides is 1. The van der Waals surface area contributed by atoms with Crippen LogP contribution in [-0.4, -0.2) is 51.0 Å². The van der Waals surface area contributed by atoms with Crippen LogP contribution in [0.4, 0.5) is 4.39 Å². The second-order valence-corrected chi connectivity index (χ2v) is 10.0. The van der Waals surface area contributed by atoms with Crippen molar-refractivity contribution in [2.24, 2.45) is 0 Å². The van der Waals surface area contributed by atoms with Crippen LogP contribution in [0.2, 0.25) is 5.02 Å². The smallest absolute Gasteiger partial charge is 0.331 e. The molecule has 0 saturated carbocycles. The van der Waals surface area contributed by atoms with E-state index in [0.717, 1.165) is 23.8 Å². The van der Waals surface area contributed by atoms with Gasteiger partial charge in [-0.3, -0.25) is 13.9 Å². The number of piperidine rings is 1. The Bertz CT molecular complexity index is 1380. The zero-order valence-electron chi connectivity index (χ0n) is 17.0. The average molecular weight is 483 g/mol. The number of imidazole rings is 1. The molecule has 0 radical (unpaired) electrons. The number of hydrogen-bond donors (Lipinski definition) is 1. The van der Waals surface area contributed by atoms with Gasteiger partial charge in [0.2, 0.25) is 10.0 Å². The van der Waals surface area contributed by atoms with Crippen LogP contribution in [0.15, 0.2) is 40.2 Å². The van der Waals surface area contributed by atoms with E-state index in [1.54, 1.807) is 19.2 Å². The molecular weight excluding hydrogens is 463 g/mol. The molecule has 1 fully saturated rings. The van der Waals surface area contributed by atoms with Gasteiger partial charge in [0.15, 0.2) is 5.65 Å². The van der Waals surface area contributed by atoms with Gasteiger partial charge in [-0.2, -0.15) is 4.31 Å². The summed E-state index contributed by atoms with van der Waals surface area (Å²) in [6.45, 7) is 1.53. The lowest BCUT2D eigenvalue weighted by molar-refractivity contribution is -0.137. The number of fused-ring (bicyclic) bond motifs is 1. The van der Waals surface area contributed by atoms with Crippen LogP contribution < -0.4 is 5.69 Å². The highest BCUT2D eigenvalue weighted by Gasteiger charge is 2.33. The van der Waals surface area contributed by atoms with E-state index in [0.29, 0.717) is 24.0 Å². The minimum atomic E-state index is -3.94. The van der Waals surface area contributed by atoms with Crippen LogP contribution in [-0.2, 0) is 21.4 Å². The van der Waals surface area contributed by atoms with E-state index in [2.05, 4.69) is 4.98 Å². The van der Waals surface area contributed by atoms with E-state index in [1.165, 1.54) is 13.4 Å². The molecule has 12 heteroatoms.